The number of thiazole rings is 1. The van der Waals surface area contributed by atoms with Crippen LogP contribution in [0.2, 0.25) is 0 Å². The first-order valence-electron chi connectivity index (χ1n) is 6.81. The SMILES string of the molecule is COC1CCCN(c2nc3c(s2)CCCC3N)C1. The molecule has 1 aliphatic heterocycles. The fourth-order valence-electron chi connectivity index (χ4n) is 2.88. The molecule has 5 heteroatoms. The van der Waals surface area contributed by atoms with Gasteiger partial charge in [-0.05, 0) is 32.1 Å². The third-order valence-electron chi connectivity index (χ3n) is 3.97. The van der Waals surface area contributed by atoms with Gasteiger partial charge < -0.3 is 15.4 Å². The molecule has 1 aliphatic carbocycles. The van der Waals surface area contributed by atoms with Crippen LogP contribution in [-0.4, -0.2) is 31.3 Å². The predicted octanol–water partition coefficient (Wildman–Crippen LogP) is 2.09. The molecule has 18 heavy (non-hydrogen) atoms. The summed E-state index contributed by atoms with van der Waals surface area (Å²) in [4.78, 5) is 8.56. The molecule has 2 atom stereocenters. The smallest absolute Gasteiger partial charge is 0.185 e. The number of hydrogen-bond donors (Lipinski definition) is 1. The van der Waals surface area contributed by atoms with Crippen molar-refractivity contribution in [3.8, 4) is 0 Å². The highest BCUT2D eigenvalue weighted by Crippen LogP contribution is 2.36. The average Bonchev–Trinajstić information content (AvgIpc) is 2.84. The zero-order chi connectivity index (χ0) is 12.5. The van der Waals surface area contributed by atoms with E-state index in [1.165, 1.54) is 17.7 Å². The summed E-state index contributed by atoms with van der Waals surface area (Å²) in [6.07, 6.45) is 6.15. The predicted molar refractivity (Wildman–Crippen MR) is 74.2 cm³/mol. The van der Waals surface area contributed by atoms with Crippen LogP contribution in [0.1, 0.15) is 42.3 Å². The topological polar surface area (TPSA) is 51.4 Å². The maximum Gasteiger partial charge on any atom is 0.185 e. The minimum atomic E-state index is 0.154. The molecular formula is C13H21N3OS. The summed E-state index contributed by atoms with van der Waals surface area (Å²) in [6.45, 7) is 2.07. The Morgan fingerprint density at radius 3 is 3.06 bits per heavy atom. The Morgan fingerprint density at radius 1 is 1.39 bits per heavy atom. The lowest BCUT2D eigenvalue weighted by atomic mass is 9.99. The van der Waals surface area contributed by atoms with Gasteiger partial charge in [0.15, 0.2) is 5.13 Å². The summed E-state index contributed by atoms with van der Waals surface area (Å²) in [5.74, 6) is 0. The Morgan fingerprint density at radius 2 is 2.28 bits per heavy atom. The third-order valence-corrected chi connectivity index (χ3v) is 5.16. The van der Waals surface area contributed by atoms with Crippen LogP contribution in [0.25, 0.3) is 0 Å². The molecule has 0 bridgehead atoms. The minimum Gasteiger partial charge on any atom is -0.380 e. The van der Waals surface area contributed by atoms with Gasteiger partial charge >= 0.3 is 0 Å². The van der Waals surface area contributed by atoms with Gasteiger partial charge in [-0.1, -0.05) is 0 Å². The highest BCUT2D eigenvalue weighted by Gasteiger charge is 2.26. The number of aryl methyl sites for hydroxylation is 1. The molecule has 1 aromatic heterocycles. The Kier molecular flexibility index (Phi) is 3.54. The van der Waals surface area contributed by atoms with Crippen molar-refractivity contribution in [3.63, 3.8) is 0 Å². The molecule has 0 amide bonds. The first kappa shape index (κ1) is 12.4. The van der Waals surface area contributed by atoms with E-state index in [1.807, 2.05) is 11.3 Å². The highest BCUT2D eigenvalue weighted by atomic mass is 32.1. The first-order valence-corrected chi connectivity index (χ1v) is 7.62. The van der Waals surface area contributed by atoms with Crippen molar-refractivity contribution < 1.29 is 4.74 Å². The second-order valence-corrected chi connectivity index (χ2v) is 6.31. The number of aromatic nitrogens is 1. The van der Waals surface area contributed by atoms with Crippen molar-refractivity contribution in [2.24, 2.45) is 5.73 Å². The summed E-state index contributed by atoms with van der Waals surface area (Å²) in [5.41, 5.74) is 7.30. The van der Waals surface area contributed by atoms with Crippen molar-refractivity contribution in [1.29, 1.82) is 0 Å². The monoisotopic (exact) mass is 267 g/mol. The lowest BCUT2D eigenvalue weighted by molar-refractivity contribution is 0.0893. The molecule has 2 N–H and O–H groups in total. The standard InChI is InChI=1S/C13H21N3OS/c1-17-9-4-3-7-16(8-9)13-15-12-10(14)5-2-6-11(12)18-13/h9-10H,2-8,14H2,1H3. The van der Waals surface area contributed by atoms with Crippen molar-refractivity contribution in [2.75, 3.05) is 25.1 Å². The Labute approximate surface area is 112 Å². The summed E-state index contributed by atoms with van der Waals surface area (Å²) >= 11 is 1.84. The van der Waals surface area contributed by atoms with E-state index in [0.717, 1.165) is 43.2 Å². The van der Waals surface area contributed by atoms with Gasteiger partial charge in [0.2, 0.25) is 0 Å². The van der Waals surface area contributed by atoms with E-state index >= 15 is 0 Å². The zero-order valence-electron chi connectivity index (χ0n) is 10.9. The van der Waals surface area contributed by atoms with E-state index in [9.17, 15) is 0 Å². The molecule has 1 aromatic rings. The van der Waals surface area contributed by atoms with E-state index in [2.05, 4.69) is 4.90 Å². The van der Waals surface area contributed by atoms with E-state index in [0.29, 0.717) is 6.10 Å². The molecular weight excluding hydrogens is 246 g/mol. The number of methoxy groups -OCH3 is 1. The van der Waals surface area contributed by atoms with Gasteiger partial charge in [0.05, 0.1) is 11.8 Å². The summed E-state index contributed by atoms with van der Waals surface area (Å²) in [6, 6.07) is 0.154. The molecule has 0 aromatic carbocycles. The van der Waals surface area contributed by atoms with E-state index in [4.69, 9.17) is 15.5 Å². The van der Waals surface area contributed by atoms with Crippen LogP contribution in [-0.2, 0) is 11.2 Å². The molecule has 100 valence electrons. The number of ether oxygens (including phenoxy) is 1. The maximum atomic E-state index is 6.14. The zero-order valence-corrected chi connectivity index (χ0v) is 11.7. The Balaban J connectivity index is 1.80. The van der Waals surface area contributed by atoms with Gasteiger partial charge in [-0.2, -0.15) is 0 Å². The lowest BCUT2D eigenvalue weighted by Gasteiger charge is -2.31. The normalized spacial score (nSPS) is 28.2. The van der Waals surface area contributed by atoms with Gasteiger partial charge in [-0.25, -0.2) is 4.98 Å². The van der Waals surface area contributed by atoms with E-state index in [1.54, 1.807) is 7.11 Å². The summed E-state index contributed by atoms with van der Waals surface area (Å²) in [5, 5.41) is 1.15. The average molecular weight is 267 g/mol. The summed E-state index contributed by atoms with van der Waals surface area (Å²) < 4.78 is 5.48. The molecule has 1 saturated heterocycles. The Hall–Kier alpha value is -0.650. The lowest BCUT2D eigenvalue weighted by Crippen LogP contribution is -2.39. The van der Waals surface area contributed by atoms with Gasteiger partial charge in [-0.15, -0.1) is 11.3 Å². The fraction of sp³-hybridized carbons (Fsp3) is 0.769. The van der Waals surface area contributed by atoms with Gasteiger partial charge in [0, 0.05) is 31.1 Å². The largest absolute Gasteiger partial charge is 0.380 e. The quantitative estimate of drug-likeness (QED) is 0.891. The minimum absolute atomic E-state index is 0.154. The van der Waals surface area contributed by atoms with Crippen molar-refractivity contribution in [2.45, 2.75) is 44.2 Å². The molecule has 2 heterocycles. The van der Waals surface area contributed by atoms with E-state index in [-0.39, 0.29) is 6.04 Å². The van der Waals surface area contributed by atoms with Crippen LogP contribution in [0, 0.1) is 0 Å². The van der Waals surface area contributed by atoms with Crippen LogP contribution < -0.4 is 10.6 Å². The van der Waals surface area contributed by atoms with Crippen LogP contribution in [0.4, 0.5) is 5.13 Å². The second-order valence-electron chi connectivity index (χ2n) is 5.25. The number of piperidine rings is 1. The van der Waals surface area contributed by atoms with E-state index < -0.39 is 0 Å². The molecule has 2 unspecified atom stereocenters. The molecule has 2 aliphatic rings. The molecule has 4 nitrogen and oxygen atoms in total. The van der Waals surface area contributed by atoms with Crippen LogP contribution in [0.5, 0.6) is 0 Å². The maximum absolute atomic E-state index is 6.14. The molecule has 0 saturated carbocycles. The fourth-order valence-corrected chi connectivity index (χ4v) is 4.09. The first-order chi connectivity index (χ1) is 8.78. The van der Waals surface area contributed by atoms with Crippen LogP contribution in [0.3, 0.4) is 0 Å². The van der Waals surface area contributed by atoms with Gasteiger partial charge in [0.25, 0.3) is 0 Å². The molecule has 0 spiro atoms. The number of fused-ring (bicyclic) bond motifs is 1. The van der Waals surface area contributed by atoms with Crippen molar-refractivity contribution in [3.05, 3.63) is 10.6 Å². The number of nitrogens with two attached hydrogens (primary N) is 1. The van der Waals surface area contributed by atoms with Crippen LogP contribution >= 0.6 is 11.3 Å². The highest BCUT2D eigenvalue weighted by molar-refractivity contribution is 7.15. The molecule has 1 fully saturated rings. The van der Waals surface area contributed by atoms with Crippen molar-refractivity contribution >= 4 is 16.5 Å². The number of anilines is 1. The van der Waals surface area contributed by atoms with Gasteiger partial charge in [-0.3, -0.25) is 0 Å². The van der Waals surface area contributed by atoms with Gasteiger partial charge in [0.1, 0.15) is 0 Å². The van der Waals surface area contributed by atoms with Crippen LogP contribution in [0.15, 0.2) is 0 Å². The Bertz CT molecular complexity index is 420. The number of rotatable bonds is 2. The molecule has 0 radical (unpaired) electrons. The molecule has 3 rings (SSSR count). The van der Waals surface area contributed by atoms with Crippen molar-refractivity contribution in [1.82, 2.24) is 4.98 Å². The second kappa shape index (κ2) is 5.15. The third kappa shape index (κ3) is 2.27. The summed E-state index contributed by atoms with van der Waals surface area (Å²) in [7, 11) is 1.80. The number of hydrogen-bond acceptors (Lipinski definition) is 5. The number of nitrogens with zero attached hydrogens (tertiary/aromatic N) is 2.